The first kappa shape index (κ1) is 23.2. The molecular formula is C23H26N4O4S. The third-order valence-electron chi connectivity index (χ3n) is 4.64. The third kappa shape index (κ3) is 5.82. The van der Waals surface area contributed by atoms with Crippen LogP contribution in [0.3, 0.4) is 0 Å². The predicted octanol–water partition coefficient (Wildman–Crippen LogP) is 3.92. The van der Waals surface area contributed by atoms with Crippen molar-refractivity contribution in [3.63, 3.8) is 0 Å². The SMILES string of the molecule is Cc1ccc(O[C@@H](C)C(=O)Nc2ccc(S(=O)(=O)Nc3nc(C)cc(C)n3)cc2)c(C)c1. The van der Waals surface area contributed by atoms with Crippen molar-refractivity contribution in [1.82, 2.24) is 9.97 Å². The molecule has 0 aliphatic rings. The maximum atomic E-state index is 12.6. The quantitative estimate of drug-likeness (QED) is 0.560. The normalized spacial score (nSPS) is 12.2. The fraction of sp³-hybridized carbons (Fsp3) is 0.261. The third-order valence-corrected chi connectivity index (χ3v) is 5.99. The van der Waals surface area contributed by atoms with E-state index in [2.05, 4.69) is 20.0 Å². The lowest BCUT2D eigenvalue weighted by Gasteiger charge is -2.16. The van der Waals surface area contributed by atoms with Gasteiger partial charge in [0.25, 0.3) is 15.9 Å². The Morgan fingerprint density at radius 3 is 2.16 bits per heavy atom. The number of anilines is 2. The van der Waals surface area contributed by atoms with Crippen molar-refractivity contribution < 1.29 is 17.9 Å². The van der Waals surface area contributed by atoms with E-state index in [-0.39, 0.29) is 16.8 Å². The number of ether oxygens (including phenoxy) is 1. The molecule has 0 bridgehead atoms. The van der Waals surface area contributed by atoms with Crippen molar-refractivity contribution in [3.05, 3.63) is 71.0 Å². The van der Waals surface area contributed by atoms with E-state index < -0.39 is 16.1 Å². The van der Waals surface area contributed by atoms with Gasteiger partial charge in [0.15, 0.2) is 6.10 Å². The Kier molecular flexibility index (Phi) is 6.78. The Bertz CT molecular complexity index is 1220. The molecule has 0 unspecified atom stereocenters. The number of benzene rings is 2. The first-order valence-electron chi connectivity index (χ1n) is 10.0. The number of nitrogens with zero attached hydrogens (tertiary/aromatic N) is 2. The van der Waals surface area contributed by atoms with Crippen molar-refractivity contribution in [1.29, 1.82) is 0 Å². The highest BCUT2D eigenvalue weighted by Crippen LogP contribution is 2.21. The van der Waals surface area contributed by atoms with Crippen LogP contribution in [0.1, 0.15) is 29.4 Å². The van der Waals surface area contributed by atoms with E-state index in [4.69, 9.17) is 4.74 Å². The van der Waals surface area contributed by atoms with Crippen LogP contribution in [0.5, 0.6) is 5.75 Å². The second-order valence-corrected chi connectivity index (χ2v) is 9.30. The molecule has 168 valence electrons. The summed E-state index contributed by atoms with van der Waals surface area (Å²) in [6.07, 6.45) is -0.733. The monoisotopic (exact) mass is 454 g/mol. The number of amides is 1. The van der Waals surface area contributed by atoms with Crippen LogP contribution in [-0.2, 0) is 14.8 Å². The van der Waals surface area contributed by atoms with E-state index in [0.29, 0.717) is 22.8 Å². The summed E-state index contributed by atoms with van der Waals surface area (Å²) in [6.45, 7) is 9.08. The minimum Gasteiger partial charge on any atom is -0.481 e. The Hall–Kier alpha value is -3.46. The number of hydrogen-bond donors (Lipinski definition) is 2. The van der Waals surface area contributed by atoms with Crippen LogP contribution in [0.25, 0.3) is 0 Å². The van der Waals surface area contributed by atoms with Crippen molar-refractivity contribution in [2.45, 2.75) is 45.6 Å². The van der Waals surface area contributed by atoms with Gasteiger partial charge in [0.1, 0.15) is 5.75 Å². The van der Waals surface area contributed by atoms with Gasteiger partial charge in [-0.1, -0.05) is 17.7 Å². The van der Waals surface area contributed by atoms with Gasteiger partial charge in [0.05, 0.1) is 4.90 Å². The molecule has 0 fully saturated rings. The van der Waals surface area contributed by atoms with Gasteiger partial charge < -0.3 is 10.1 Å². The Morgan fingerprint density at radius 2 is 1.56 bits per heavy atom. The lowest BCUT2D eigenvalue weighted by atomic mass is 10.1. The van der Waals surface area contributed by atoms with E-state index in [1.165, 1.54) is 24.3 Å². The molecular weight excluding hydrogens is 428 g/mol. The molecule has 32 heavy (non-hydrogen) atoms. The van der Waals surface area contributed by atoms with Crippen LogP contribution in [0.2, 0.25) is 0 Å². The van der Waals surface area contributed by atoms with E-state index in [0.717, 1.165) is 11.1 Å². The van der Waals surface area contributed by atoms with Crippen LogP contribution >= 0.6 is 0 Å². The van der Waals surface area contributed by atoms with Crippen LogP contribution in [-0.4, -0.2) is 30.4 Å². The molecule has 1 aromatic heterocycles. The summed E-state index contributed by atoms with van der Waals surface area (Å²) < 4.78 is 33.4. The minimum absolute atomic E-state index is 0.0113. The lowest BCUT2D eigenvalue weighted by molar-refractivity contribution is -0.122. The van der Waals surface area contributed by atoms with Gasteiger partial charge >= 0.3 is 0 Å². The van der Waals surface area contributed by atoms with E-state index in [1.807, 2.05) is 32.0 Å². The van der Waals surface area contributed by atoms with Crippen LogP contribution < -0.4 is 14.8 Å². The molecule has 0 saturated carbocycles. The zero-order valence-electron chi connectivity index (χ0n) is 18.6. The molecule has 9 heteroatoms. The zero-order valence-corrected chi connectivity index (χ0v) is 19.4. The molecule has 8 nitrogen and oxygen atoms in total. The second-order valence-electron chi connectivity index (χ2n) is 7.62. The molecule has 0 saturated heterocycles. The van der Waals surface area contributed by atoms with Gasteiger partial charge in [0, 0.05) is 17.1 Å². The van der Waals surface area contributed by atoms with E-state index in [9.17, 15) is 13.2 Å². The minimum atomic E-state index is -3.87. The molecule has 0 aliphatic heterocycles. The number of carbonyl (C=O) groups is 1. The van der Waals surface area contributed by atoms with Crippen molar-refractivity contribution in [3.8, 4) is 5.75 Å². The first-order valence-corrected chi connectivity index (χ1v) is 11.5. The molecule has 1 amide bonds. The topological polar surface area (TPSA) is 110 Å². The van der Waals surface area contributed by atoms with Gasteiger partial charge in [-0.2, -0.15) is 0 Å². The molecule has 1 heterocycles. The first-order chi connectivity index (χ1) is 15.0. The summed E-state index contributed by atoms with van der Waals surface area (Å²) in [4.78, 5) is 20.7. The van der Waals surface area contributed by atoms with Crippen LogP contribution in [0, 0.1) is 27.7 Å². The predicted molar refractivity (Wildman–Crippen MR) is 123 cm³/mol. The van der Waals surface area contributed by atoms with Crippen LogP contribution in [0.15, 0.2) is 53.4 Å². The standard InChI is InChI=1S/C23H26N4O4S/c1-14-6-11-21(15(2)12-14)31-18(5)22(28)26-19-7-9-20(10-8-19)32(29,30)27-23-24-16(3)13-17(4)25-23/h6-13,18H,1-5H3,(H,26,28)(H,24,25,27)/t18-/m0/s1. The Labute approximate surface area is 188 Å². The number of carbonyl (C=O) groups excluding carboxylic acids is 1. The Morgan fingerprint density at radius 1 is 0.938 bits per heavy atom. The molecule has 3 aromatic rings. The summed E-state index contributed by atoms with van der Waals surface area (Å²) in [5.74, 6) is 0.305. The maximum absolute atomic E-state index is 12.6. The summed E-state index contributed by atoms with van der Waals surface area (Å²) in [7, 11) is -3.87. The van der Waals surface area contributed by atoms with Crippen LogP contribution in [0.4, 0.5) is 11.6 Å². The number of aromatic nitrogens is 2. The van der Waals surface area contributed by atoms with Crippen molar-refractivity contribution in [2.75, 3.05) is 10.0 Å². The molecule has 2 N–H and O–H groups in total. The average molecular weight is 455 g/mol. The zero-order chi connectivity index (χ0) is 23.5. The number of rotatable bonds is 7. The number of hydrogen-bond acceptors (Lipinski definition) is 6. The van der Waals surface area contributed by atoms with Gasteiger partial charge in [-0.05, 0) is 76.6 Å². The fourth-order valence-electron chi connectivity index (χ4n) is 3.09. The molecule has 1 atom stereocenters. The highest BCUT2D eigenvalue weighted by molar-refractivity contribution is 7.92. The molecule has 0 spiro atoms. The van der Waals surface area contributed by atoms with E-state index >= 15 is 0 Å². The highest BCUT2D eigenvalue weighted by atomic mass is 32.2. The lowest BCUT2D eigenvalue weighted by Crippen LogP contribution is -2.30. The van der Waals surface area contributed by atoms with Gasteiger partial charge in [-0.15, -0.1) is 0 Å². The summed E-state index contributed by atoms with van der Waals surface area (Å²) in [5, 5.41) is 2.73. The smallest absolute Gasteiger partial charge is 0.265 e. The number of nitrogens with one attached hydrogen (secondary N) is 2. The Balaban J connectivity index is 1.66. The van der Waals surface area contributed by atoms with E-state index in [1.54, 1.807) is 26.8 Å². The molecule has 0 aliphatic carbocycles. The van der Waals surface area contributed by atoms with Gasteiger partial charge in [-0.25, -0.2) is 23.1 Å². The van der Waals surface area contributed by atoms with Gasteiger partial charge in [-0.3, -0.25) is 4.79 Å². The maximum Gasteiger partial charge on any atom is 0.265 e. The summed E-state index contributed by atoms with van der Waals surface area (Å²) in [5.41, 5.74) is 3.82. The van der Waals surface area contributed by atoms with Crippen molar-refractivity contribution >= 4 is 27.6 Å². The average Bonchev–Trinajstić information content (AvgIpc) is 2.69. The highest BCUT2D eigenvalue weighted by Gasteiger charge is 2.18. The van der Waals surface area contributed by atoms with Crippen molar-refractivity contribution in [2.24, 2.45) is 0 Å². The number of aryl methyl sites for hydroxylation is 4. The fourth-order valence-corrected chi connectivity index (χ4v) is 4.03. The van der Waals surface area contributed by atoms with Gasteiger partial charge in [0.2, 0.25) is 5.95 Å². The number of sulfonamides is 1. The largest absolute Gasteiger partial charge is 0.481 e. The summed E-state index contributed by atoms with van der Waals surface area (Å²) >= 11 is 0. The molecule has 2 aromatic carbocycles. The summed E-state index contributed by atoms with van der Waals surface area (Å²) in [6, 6.07) is 13.3. The molecule has 3 rings (SSSR count). The second kappa shape index (κ2) is 9.35. The molecule has 0 radical (unpaired) electrons.